The monoisotopic (exact) mass is 491 g/mol. The Morgan fingerprint density at radius 2 is 1.06 bits per heavy atom. The van der Waals surface area contributed by atoms with Crippen molar-refractivity contribution < 1.29 is 19.3 Å². The minimum Gasteiger partial charge on any atom is -0.497 e. The van der Waals surface area contributed by atoms with E-state index in [0.717, 1.165) is 16.7 Å². The van der Waals surface area contributed by atoms with Gasteiger partial charge in [-0.05, 0) is 63.9 Å². The zero-order valence-corrected chi connectivity index (χ0v) is 23.1. The van der Waals surface area contributed by atoms with E-state index < -0.39 is 11.6 Å². The third-order valence-corrected chi connectivity index (χ3v) is 6.88. The molecule has 0 aliphatic rings. The summed E-state index contributed by atoms with van der Waals surface area (Å²) in [5, 5.41) is 12.9. The molecule has 0 saturated carbocycles. The first kappa shape index (κ1) is 27.6. The molecule has 0 fully saturated rings. The van der Waals surface area contributed by atoms with E-state index in [4.69, 9.17) is 19.9 Å². The Bertz CT molecular complexity index is 1120. The highest BCUT2D eigenvalue weighted by Gasteiger charge is 2.44. The fraction of sp³-hybridized carbons (Fsp3) is 0.419. The molecule has 0 radical (unpaired) electrons. The third kappa shape index (κ3) is 5.23. The molecule has 1 atom stereocenters. The molecule has 0 aromatic heterocycles. The summed E-state index contributed by atoms with van der Waals surface area (Å²) in [7, 11) is 4.84. The summed E-state index contributed by atoms with van der Waals surface area (Å²) in [6, 6.07) is 18.5. The van der Waals surface area contributed by atoms with Gasteiger partial charge in [-0.2, -0.15) is 0 Å². The lowest BCUT2D eigenvalue weighted by Gasteiger charge is -2.38. The second kappa shape index (κ2) is 10.2. The van der Waals surface area contributed by atoms with Crippen molar-refractivity contribution in [2.24, 2.45) is 5.73 Å². The predicted molar refractivity (Wildman–Crippen MR) is 146 cm³/mol. The number of aliphatic hydroxyl groups is 1. The van der Waals surface area contributed by atoms with Crippen molar-refractivity contribution in [3.63, 3.8) is 0 Å². The molecule has 1 unspecified atom stereocenters. The topological polar surface area (TPSA) is 73.9 Å². The number of nitrogens with two attached hydrogens (primary N) is 1. The highest BCUT2D eigenvalue weighted by Crippen LogP contribution is 2.48. The maximum absolute atomic E-state index is 12.9. The first-order chi connectivity index (χ1) is 16.8. The minimum absolute atomic E-state index is 0.149. The zero-order valence-electron chi connectivity index (χ0n) is 23.1. The Balaban J connectivity index is 2.42. The van der Waals surface area contributed by atoms with Crippen LogP contribution in [0.1, 0.15) is 75.4 Å². The van der Waals surface area contributed by atoms with Crippen LogP contribution in [0.2, 0.25) is 0 Å². The molecule has 3 aromatic carbocycles. The van der Waals surface area contributed by atoms with Gasteiger partial charge >= 0.3 is 0 Å². The molecule has 0 aliphatic carbocycles. The third-order valence-electron chi connectivity index (χ3n) is 6.88. The molecule has 0 bridgehead atoms. The lowest BCUT2D eigenvalue weighted by Crippen LogP contribution is -2.41. The SMILES string of the molecule is COc1ccc(C(N)C(O)(c2cc(C(C)(C)C)ccc2OC)c2cc(C(C)(C)C)ccc2OC)cc1. The van der Waals surface area contributed by atoms with Crippen LogP contribution in [0.4, 0.5) is 0 Å². The van der Waals surface area contributed by atoms with E-state index in [2.05, 4.69) is 41.5 Å². The van der Waals surface area contributed by atoms with Gasteiger partial charge in [0.2, 0.25) is 0 Å². The lowest BCUT2D eigenvalue weighted by molar-refractivity contribution is 0.0459. The van der Waals surface area contributed by atoms with Crippen molar-refractivity contribution in [3.05, 3.63) is 88.5 Å². The number of methoxy groups -OCH3 is 3. The van der Waals surface area contributed by atoms with Gasteiger partial charge in [-0.1, -0.05) is 65.8 Å². The molecule has 3 N–H and O–H groups in total. The highest BCUT2D eigenvalue weighted by atomic mass is 16.5. The minimum atomic E-state index is -1.67. The fourth-order valence-electron chi connectivity index (χ4n) is 4.48. The molecule has 5 heteroatoms. The number of hydrogen-bond donors (Lipinski definition) is 2. The van der Waals surface area contributed by atoms with Crippen molar-refractivity contribution >= 4 is 0 Å². The van der Waals surface area contributed by atoms with Gasteiger partial charge < -0.3 is 25.1 Å². The Morgan fingerprint density at radius 1 is 0.639 bits per heavy atom. The maximum Gasteiger partial charge on any atom is 0.141 e. The Morgan fingerprint density at radius 3 is 1.39 bits per heavy atom. The van der Waals surface area contributed by atoms with E-state index in [9.17, 15) is 5.11 Å². The summed E-state index contributed by atoms with van der Waals surface area (Å²) >= 11 is 0. The van der Waals surface area contributed by atoms with Gasteiger partial charge in [-0.15, -0.1) is 0 Å². The molecule has 0 saturated heterocycles. The van der Waals surface area contributed by atoms with Crippen LogP contribution in [0.3, 0.4) is 0 Å². The van der Waals surface area contributed by atoms with Crippen molar-refractivity contribution in [2.75, 3.05) is 21.3 Å². The standard InChI is InChI=1S/C31H41NO4/c1-29(2,3)21-12-16-26(35-8)24(18-21)31(33,28(32)20-10-14-23(34-7)15-11-20)25-19-22(30(4,5)6)13-17-27(25)36-9/h10-19,28,33H,32H2,1-9H3. The van der Waals surface area contributed by atoms with Gasteiger partial charge in [0, 0.05) is 11.1 Å². The van der Waals surface area contributed by atoms with Gasteiger partial charge in [0.05, 0.1) is 27.4 Å². The first-order valence-electron chi connectivity index (χ1n) is 12.3. The molecule has 194 valence electrons. The van der Waals surface area contributed by atoms with E-state index in [-0.39, 0.29) is 10.8 Å². The molecule has 0 spiro atoms. The molecular weight excluding hydrogens is 450 g/mol. The van der Waals surface area contributed by atoms with E-state index in [1.165, 1.54) is 0 Å². The van der Waals surface area contributed by atoms with E-state index in [0.29, 0.717) is 28.4 Å². The Labute approximate surface area is 216 Å². The normalized spacial score (nSPS) is 13.3. The van der Waals surface area contributed by atoms with Crippen LogP contribution in [0.25, 0.3) is 0 Å². The molecule has 36 heavy (non-hydrogen) atoms. The van der Waals surface area contributed by atoms with Crippen LogP contribution in [0.15, 0.2) is 60.7 Å². The van der Waals surface area contributed by atoms with Gasteiger partial charge in [0.25, 0.3) is 0 Å². The molecule has 0 amide bonds. The number of rotatable bonds is 7. The summed E-state index contributed by atoms with van der Waals surface area (Å²) in [5.74, 6) is 1.82. The van der Waals surface area contributed by atoms with Crippen LogP contribution >= 0.6 is 0 Å². The van der Waals surface area contributed by atoms with Crippen LogP contribution in [0.5, 0.6) is 17.2 Å². The van der Waals surface area contributed by atoms with Crippen molar-refractivity contribution in [1.82, 2.24) is 0 Å². The highest BCUT2D eigenvalue weighted by molar-refractivity contribution is 5.55. The average molecular weight is 492 g/mol. The molecule has 0 aliphatic heterocycles. The van der Waals surface area contributed by atoms with Gasteiger partial charge in [0.1, 0.15) is 22.8 Å². The second-order valence-electron chi connectivity index (χ2n) is 11.3. The van der Waals surface area contributed by atoms with Gasteiger partial charge in [-0.3, -0.25) is 0 Å². The fourth-order valence-corrected chi connectivity index (χ4v) is 4.48. The van der Waals surface area contributed by atoms with Crippen LogP contribution in [0, 0.1) is 0 Å². The maximum atomic E-state index is 12.9. The number of benzene rings is 3. The molecule has 3 rings (SSSR count). The Kier molecular flexibility index (Phi) is 7.77. The van der Waals surface area contributed by atoms with Gasteiger partial charge in [-0.25, -0.2) is 0 Å². The zero-order chi connectivity index (χ0) is 26.9. The van der Waals surface area contributed by atoms with E-state index in [1.54, 1.807) is 21.3 Å². The number of hydrogen-bond acceptors (Lipinski definition) is 5. The van der Waals surface area contributed by atoms with Crippen molar-refractivity contribution in [1.29, 1.82) is 0 Å². The smallest absolute Gasteiger partial charge is 0.141 e. The lowest BCUT2D eigenvalue weighted by atomic mass is 9.73. The van der Waals surface area contributed by atoms with Crippen LogP contribution in [-0.2, 0) is 16.4 Å². The Hall–Kier alpha value is -3.02. The van der Waals surface area contributed by atoms with Crippen LogP contribution in [-0.4, -0.2) is 26.4 Å². The molecule has 0 heterocycles. The largest absolute Gasteiger partial charge is 0.497 e. The molecule has 3 aromatic rings. The number of ether oxygens (including phenoxy) is 3. The van der Waals surface area contributed by atoms with E-state index >= 15 is 0 Å². The van der Waals surface area contributed by atoms with Crippen molar-refractivity contribution in [3.8, 4) is 17.2 Å². The summed E-state index contributed by atoms with van der Waals surface area (Å²) in [6.07, 6.45) is 0. The van der Waals surface area contributed by atoms with Crippen molar-refractivity contribution in [2.45, 2.75) is 64.0 Å². The second-order valence-corrected chi connectivity index (χ2v) is 11.3. The van der Waals surface area contributed by atoms with Crippen LogP contribution < -0.4 is 19.9 Å². The quantitative estimate of drug-likeness (QED) is 0.409. The predicted octanol–water partition coefficient (Wildman–Crippen LogP) is 6.24. The molecular formula is C31H41NO4. The van der Waals surface area contributed by atoms with E-state index in [1.807, 2.05) is 60.7 Å². The summed E-state index contributed by atoms with van der Waals surface area (Å²) in [6.45, 7) is 12.8. The van der Waals surface area contributed by atoms with Gasteiger partial charge in [0.15, 0.2) is 0 Å². The molecule has 5 nitrogen and oxygen atoms in total. The first-order valence-corrected chi connectivity index (χ1v) is 12.3. The average Bonchev–Trinajstić information content (AvgIpc) is 2.85. The summed E-state index contributed by atoms with van der Waals surface area (Å²) < 4.78 is 16.9. The summed E-state index contributed by atoms with van der Waals surface area (Å²) in [4.78, 5) is 0. The summed E-state index contributed by atoms with van der Waals surface area (Å²) in [5.41, 5.74) is 9.07.